The van der Waals surface area contributed by atoms with Gasteiger partial charge in [0.05, 0.1) is 5.71 Å². The van der Waals surface area contributed by atoms with Crippen LogP contribution in [-0.4, -0.2) is 28.5 Å². The molecule has 2 unspecified atom stereocenters. The van der Waals surface area contributed by atoms with Gasteiger partial charge >= 0.3 is 6.18 Å². The van der Waals surface area contributed by atoms with Crippen LogP contribution in [0.1, 0.15) is 35.2 Å². The van der Waals surface area contributed by atoms with Crippen LogP contribution in [0.3, 0.4) is 0 Å². The molecule has 2 atom stereocenters. The Morgan fingerprint density at radius 2 is 1.71 bits per heavy atom. The van der Waals surface area contributed by atoms with Gasteiger partial charge in [0.2, 0.25) is 11.7 Å². The summed E-state index contributed by atoms with van der Waals surface area (Å²) in [7, 11) is 0. The van der Waals surface area contributed by atoms with Gasteiger partial charge in [0.15, 0.2) is 6.17 Å². The van der Waals surface area contributed by atoms with Gasteiger partial charge in [-0.1, -0.05) is 45.6 Å². The van der Waals surface area contributed by atoms with E-state index in [2.05, 4.69) is 15.3 Å². The van der Waals surface area contributed by atoms with Crippen LogP contribution in [-0.2, 0) is 10.4 Å². The zero-order valence-corrected chi connectivity index (χ0v) is 18.5. The Hall–Kier alpha value is -2.79. The van der Waals surface area contributed by atoms with Gasteiger partial charge in [-0.25, -0.2) is 13.2 Å². The minimum atomic E-state index is -4.96. The van der Waals surface area contributed by atoms with Crippen LogP contribution >= 0.6 is 23.2 Å². The van der Waals surface area contributed by atoms with Crippen LogP contribution < -0.4 is 0 Å². The number of oxime groups is 1. The molecule has 180 valence electrons. The summed E-state index contributed by atoms with van der Waals surface area (Å²) >= 11 is 11.8. The molecule has 1 aliphatic heterocycles. The molecule has 1 aliphatic rings. The summed E-state index contributed by atoms with van der Waals surface area (Å²) in [5.74, 6) is -0.0358. The van der Waals surface area contributed by atoms with Crippen molar-refractivity contribution in [3.8, 4) is 11.4 Å². The van der Waals surface area contributed by atoms with Crippen molar-refractivity contribution in [1.29, 1.82) is 0 Å². The number of aromatic nitrogens is 2. The fourth-order valence-electron chi connectivity index (χ4n) is 3.56. The van der Waals surface area contributed by atoms with E-state index in [-0.39, 0.29) is 38.6 Å². The van der Waals surface area contributed by atoms with E-state index in [0.717, 1.165) is 18.2 Å². The lowest BCUT2D eigenvalue weighted by Crippen LogP contribution is -2.42. The van der Waals surface area contributed by atoms with Crippen LogP contribution in [0.2, 0.25) is 10.0 Å². The van der Waals surface area contributed by atoms with Crippen molar-refractivity contribution in [2.75, 3.05) is 0 Å². The van der Waals surface area contributed by atoms with E-state index >= 15 is 0 Å². The maximum Gasteiger partial charge on any atom is 0.435 e. The SMILES string of the molecule is Cc1nc(-c2ccc(C3=NOC(c4cc(Cl)cc(Cl)c4)(C(F)(F)F)C3)cc2C(F)C(F)F)no1. The van der Waals surface area contributed by atoms with Gasteiger partial charge in [0.1, 0.15) is 0 Å². The second kappa shape index (κ2) is 8.77. The minimum Gasteiger partial charge on any atom is -0.374 e. The Kier molecular flexibility index (Phi) is 6.28. The molecular weight excluding hydrogens is 511 g/mol. The summed E-state index contributed by atoms with van der Waals surface area (Å²) in [4.78, 5) is 8.80. The van der Waals surface area contributed by atoms with E-state index in [0.29, 0.717) is 0 Å². The molecule has 5 nitrogen and oxygen atoms in total. The Morgan fingerprint density at radius 3 is 2.26 bits per heavy atom. The second-order valence-corrected chi connectivity index (χ2v) is 8.34. The lowest BCUT2D eigenvalue weighted by atomic mass is 9.86. The van der Waals surface area contributed by atoms with E-state index in [9.17, 15) is 26.3 Å². The van der Waals surface area contributed by atoms with Gasteiger partial charge in [0, 0.05) is 40.1 Å². The van der Waals surface area contributed by atoms with E-state index < -0.39 is 41.9 Å². The Labute approximate surface area is 198 Å². The van der Waals surface area contributed by atoms with Gasteiger partial charge in [-0.15, -0.1) is 0 Å². The molecule has 0 saturated heterocycles. The third kappa shape index (κ3) is 4.34. The van der Waals surface area contributed by atoms with Crippen LogP contribution in [0.4, 0.5) is 26.3 Å². The first-order chi connectivity index (χ1) is 15.9. The number of benzene rings is 2. The zero-order valence-electron chi connectivity index (χ0n) is 17.0. The van der Waals surface area contributed by atoms with Gasteiger partial charge in [-0.3, -0.25) is 0 Å². The van der Waals surface area contributed by atoms with Gasteiger partial charge in [0.25, 0.3) is 12.0 Å². The number of hydrogen-bond donors (Lipinski definition) is 0. The molecule has 0 amide bonds. The summed E-state index contributed by atoms with van der Waals surface area (Å²) in [6.45, 7) is 1.45. The molecule has 34 heavy (non-hydrogen) atoms. The van der Waals surface area contributed by atoms with Crippen LogP contribution in [0.25, 0.3) is 11.4 Å². The van der Waals surface area contributed by atoms with Crippen molar-refractivity contribution >= 4 is 28.9 Å². The second-order valence-electron chi connectivity index (χ2n) is 7.46. The Balaban J connectivity index is 1.77. The number of alkyl halides is 6. The third-order valence-corrected chi connectivity index (χ3v) is 5.62. The zero-order chi connectivity index (χ0) is 24.8. The number of halogens is 8. The molecule has 0 spiro atoms. The standard InChI is InChI=1S/C21H13Cl2F6N3O2/c1-9-30-19(32-33-9)14-3-2-10(4-15(14)17(24)18(25)26)16-8-20(34-31-16,21(27,28)29)11-5-12(22)7-13(23)6-11/h2-7,17-18H,8H2,1H3. The predicted octanol–water partition coefficient (Wildman–Crippen LogP) is 7.21. The molecule has 0 fully saturated rings. The largest absolute Gasteiger partial charge is 0.435 e. The molecule has 3 aromatic rings. The molecule has 2 aromatic carbocycles. The third-order valence-electron chi connectivity index (χ3n) is 5.19. The predicted molar refractivity (Wildman–Crippen MR) is 111 cm³/mol. The highest BCUT2D eigenvalue weighted by molar-refractivity contribution is 6.34. The fourth-order valence-corrected chi connectivity index (χ4v) is 4.09. The molecule has 1 aromatic heterocycles. The molecule has 0 bridgehead atoms. The highest BCUT2D eigenvalue weighted by Crippen LogP contribution is 2.50. The number of hydrogen-bond acceptors (Lipinski definition) is 5. The highest BCUT2D eigenvalue weighted by Gasteiger charge is 2.62. The van der Waals surface area contributed by atoms with E-state index in [1.807, 2.05) is 0 Å². The molecule has 2 heterocycles. The topological polar surface area (TPSA) is 60.5 Å². The van der Waals surface area contributed by atoms with Gasteiger partial charge in [-0.05, 0) is 29.8 Å². The van der Waals surface area contributed by atoms with E-state index in [1.165, 1.54) is 25.1 Å². The van der Waals surface area contributed by atoms with Crippen molar-refractivity contribution in [1.82, 2.24) is 10.1 Å². The summed E-state index contributed by atoms with van der Waals surface area (Å²) in [6.07, 6.45) is -12.0. The number of aryl methyl sites for hydroxylation is 1. The summed E-state index contributed by atoms with van der Waals surface area (Å²) in [6, 6.07) is 6.79. The first kappa shape index (κ1) is 24.3. The summed E-state index contributed by atoms with van der Waals surface area (Å²) < 4.78 is 88.3. The van der Waals surface area contributed by atoms with E-state index in [1.54, 1.807) is 0 Å². The molecule has 0 saturated carbocycles. The monoisotopic (exact) mass is 523 g/mol. The van der Waals surface area contributed by atoms with Crippen LogP contribution in [0, 0.1) is 6.92 Å². The van der Waals surface area contributed by atoms with Crippen molar-refractivity contribution < 1.29 is 35.7 Å². The summed E-state index contributed by atoms with van der Waals surface area (Å²) in [5.41, 5.74) is -4.26. The first-order valence-electron chi connectivity index (χ1n) is 9.57. The average molecular weight is 524 g/mol. The molecule has 4 rings (SSSR count). The molecular formula is C21H13Cl2F6N3O2. The lowest BCUT2D eigenvalue weighted by Gasteiger charge is -2.29. The quantitative estimate of drug-likeness (QED) is 0.331. The Morgan fingerprint density at radius 1 is 1.03 bits per heavy atom. The maximum atomic E-state index is 14.5. The van der Waals surface area contributed by atoms with Gasteiger partial charge in [-0.2, -0.15) is 18.2 Å². The molecule has 0 aliphatic carbocycles. The number of nitrogens with zero attached hydrogens (tertiary/aromatic N) is 3. The van der Waals surface area contributed by atoms with Gasteiger partial charge < -0.3 is 9.36 Å². The number of rotatable bonds is 5. The lowest BCUT2D eigenvalue weighted by molar-refractivity contribution is -0.275. The maximum absolute atomic E-state index is 14.5. The average Bonchev–Trinajstić information content (AvgIpc) is 3.39. The van der Waals surface area contributed by atoms with Crippen molar-refractivity contribution in [3.05, 3.63) is 69.0 Å². The molecule has 0 N–H and O–H groups in total. The minimum absolute atomic E-state index is 0.0533. The summed E-state index contributed by atoms with van der Waals surface area (Å²) in [5, 5.41) is 7.06. The molecule has 0 radical (unpaired) electrons. The van der Waals surface area contributed by atoms with Crippen molar-refractivity contribution in [2.45, 2.75) is 37.7 Å². The van der Waals surface area contributed by atoms with Crippen LogP contribution in [0.15, 0.2) is 46.1 Å². The molecule has 13 heteroatoms. The first-order valence-corrected chi connectivity index (χ1v) is 10.3. The highest BCUT2D eigenvalue weighted by atomic mass is 35.5. The van der Waals surface area contributed by atoms with Crippen LogP contribution in [0.5, 0.6) is 0 Å². The van der Waals surface area contributed by atoms with E-state index in [4.69, 9.17) is 32.6 Å². The van der Waals surface area contributed by atoms with Crippen molar-refractivity contribution in [3.63, 3.8) is 0 Å². The normalized spacial score (nSPS) is 19.3. The van der Waals surface area contributed by atoms with Crippen molar-refractivity contribution in [2.24, 2.45) is 5.16 Å². The fraction of sp³-hybridized carbons (Fsp3) is 0.286. The Bertz CT molecular complexity index is 1240. The smallest absolute Gasteiger partial charge is 0.374 e.